The summed E-state index contributed by atoms with van der Waals surface area (Å²) in [5.41, 5.74) is 0. The fourth-order valence-corrected chi connectivity index (χ4v) is 0. The molecule has 0 aliphatic carbocycles. The van der Waals surface area contributed by atoms with Crippen molar-refractivity contribution in [2.24, 2.45) is 0 Å². The number of rotatable bonds is 1. The summed E-state index contributed by atoms with van der Waals surface area (Å²) in [7, 11) is -4.67. The van der Waals surface area contributed by atoms with Crippen molar-refractivity contribution in [1.29, 1.82) is 0 Å². The average Bonchev–Trinajstić information content (AvgIpc) is 1.59. The molecule has 0 fully saturated rings. The maximum atomic E-state index is 11.1. The average molecular weight is 188 g/mol. The molecule has 0 heterocycles. The first-order valence-corrected chi connectivity index (χ1v) is 3.66. The van der Waals surface area contributed by atoms with Crippen LogP contribution in [0.25, 0.3) is 0 Å². The topological polar surface area (TPSA) is 74.6 Å². The Morgan fingerprint density at radius 2 is 1.27 bits per heavy atom. The van der Waals surface area contributed by atoms with Crippen LogP contribution in [-0.4, -0.2) is 46.5 Å². The van der Waals surface area contributed by atoms with E-state index in [9.17, 15) is 13.2 Å². The number of halogens is 3. The minimum atomic E-state index is -4.67. The van der Waals surface area contributed by atoms with Gasteiger partial charge in [-0.3, -0.25) is 9.11 Å². The Morgan fingerprint density at radius 1 is 1.18 bits per heavy atom. The van der Waals surface area contributed by atoms with Crippen LogP contribution in [0.3, 0.4) is 0 Å². The van der Waals surface area contributed by atoms with E-state index in [1.165, 1.54) is 0 Å². The van der Waals surface area contributed by atoms with Crippen LogP contribution in [0, 0.1) is 0 Å². The van der Waals surface area contributed by atoms with Gasteiger partial charge in [-0.1, -0.05) is 0 Å². The van der Waals surface area contributed by atoms with Crippen LogP contribution >= 0.6 is 0 Å². The number of hydrogen-bond donors (Lipinski definition) is 2. The molecule has 11 heavy (non-hydrogen) atoms. The first-order valence-electron chi connectivity index (χ1n) is 2.26. The Morgan fingerprint density at radius 3 is 1.27 bits per heavy atom. The van der Waals surface area contributed by atoms with E-state index >= 15 is 0 Å². The summed E-state index contributed by atoms with van der Waals surface area (Å²) in [5, 5.41) is 0. The Balaban J connectivity index is 0. The number of hydrogen-bond acceptors (Lipinski definition) is 2. The van der Waals surface area contributed by atoms with Gasteiger partial charge in [-0.05, 0) is 0 Å². The van der Waals surface area contributed by atoms with Gasteiger partial charge in [0.2, 0.25) is 0 Å². The molecule has 64 valence electrons. The van der Waals surface area contributed by atoms with Crippen molar-refractivity contribution in [1.82, 2.24) is 0 Å². The van der Waals surface area contributed by atoms with Gasteiger partial charge in [0.05, 0.1) is 0 Å². The molecule has 0 aromatic heterocycles. The molecule has 0 bridgehead atoms. The number of alkyl halides is 3. The summed E-state index contributed by atoms with van der Waals surface area (Å²) in [4.78, 5) is -1.98. The van der Waals surface area contributed by atoms with Crippen LogP contribution in [0.4, 0.5) is 13.2 Å². The van der Waals surface area contributed by atoms with Crippen LogP contribution in [0.15, 0.2) is 0 Å². The van der Waals surface area contributed by atoms with Crippen molar-refractivity contribution in [2.45, 2.75) is 11.3 Å². The molecule has 0 aliphatic rings. The molecule has 0 aromatic rings. The SMILES string of the molecule is O=S(=O)(O)O.[Li][CH](F)C(F)F. The Hall–Kier alpha value is 0.257. The second-order valence-corrected chi connectivity index (χ2v) is 2.36. The Kier molecular flexibility index (Phi) is 7.35. The van der Waals surface area contributed by atoms with Gasteiger partial charge in [-0.25, -0.2) is 0 Å². The van der Waals surface area contributed by atoms with Crippen molar-refractivity contribution >= 4 is 28.1 Å². The molecule has 9 heteroatoms. The van der Waals surface area contributed by atoms with E-state index in [-0.39, 0.29) is 0 Å². The van der Waals surface area contributed by atoms with Crippen LogP contribution in [-0.2, 0) is 10.4 Å². The van der Waals surface area contributed by atoms with Crippen molar-refractivity contribution < 1.29 is 30.7 Å². The van der Waals surface area contributed by atoms with E-state index in [4.69, 9.17) is 17.5 Å². The van der Waals surface area contributed by atoms with Gasteiger partial charge in [-0.15, -0.1) is 0 Å². The predicted octanol–water partition coefficient (Wildman–Crippen LogP) is 0.0628. The van der Waals surface area contributed by atoms with Gasteiger partial charge < -0.3 is 0 Å². The van der Waals surface area contributed by atoms with Gasteiger partial charge in [0.15, 0.2) is 0 Å². The Bertz CT molecular complexity index is 164. The third-order valence-electron chi connectivity index (χ3n) is 0.347. The summed E-state index contributed by atoms with van der Waals surface area (Å²) < 4.78 is 64.2. The van der Waals surface area contributed by atoms with E-state index in [2.05, 4.69) is 0 Å². The van der Waals surface area contributed by atoms with Gasteiger partial charge in [0.1, 0.15) is 0 Å². The van der Waals surface area contributed by atoms with Crippen LogP contribution in [0.5, 0.6) is 0 Å². The zero-order chi connectivity index (χ0) is 9.65. The molecule has 0 radical (unpaired) electrons. The summed E-state index contributed by atoms with van der Waals surface area (Å²) in [6.45, 7) is 0. The van der Waals surface area contributed by atoms with E-state index < -0.39 is 21.7 Å². The molecule has 0 spiro atoms. The van der Waals surface area contributed by atoms with Gasteiger partial charge in [-0.2, -0.15) is 8.42 Å². The molecular weight excluding hydrogens is 184 g/mol. The standard InChI is InChI=1S/C2H2F3.Li.H2O4S/c3-1-2(4)5;;1-5(2,3)4/h1-2H;;(H2,1,2,3,4). The quantitative estimate of drug-likeness (QED) is 0.450. The minimum absolute atomic E-state index is 0.824. The molecule has 0 amide bonds. The van der Waals surface area contributed by atoms with Crippen LogP contribution in [0.2, 0.25) is 0 Å². The van der Waals surface area contributed by atoms with Gasteiger partial charge >= 0.3 is 52.6 Å². The zero-order valence-electron chi connectivity index (χ0n) is 5.41. The summed E-state index contributed by atoms with van der Waals surface area (Å²) in [6, 6.07) is 0. The monoisotopic (exact) mass is 188 g/mol. The van der Waals surface area contributed by atoms with Crippen LogP contribution in [0.1, 0.15) is 0 Å². The molecule has 2 N–H and O–H groups in total. The van der Waals surface area contributed by atoms with Crippen molar-refractivity contribution in [3.05, 3.63) is 0 Å². The molecule has 0 aromatic carbocycles. The van der Waals surface area contributed by atoms with E-state index in [1.807, 2.05) is 0 Å². The van der Waals surface area contributed by atoms with Crippen molar-refractivity contribution in [2.75, 3.05) is 0 Å². The molecule has 0 rings (SSSR count). The fraction of sp³-hybridized carbons (Fsp3) is 1.00. The van der Waals surface area contributed by atoms with E-state index in [1.54, 1.807) is 0 Å². The second kappa shape index (κ2) is 5.85. The molecule has 1 unspecified atom stereocenters. The van der Waals surface area contributed by atoms with Crippen molar-refractivity contribution in [3.63, 3.8) is 0 Å². The summed E-state index contributed by atoms with van der Waals surface area (Å²) in [6.07, 6.45) is -2.81. The molecule has 1 atom stereocenters. The normalized spacial score (nSPS) is 13.8. The first-order chi connectivity index (χ1) is 4.64. The second-order valence-electron chi connectivity index (χ2n) is 1.46. The zero-order valence-corrected chi connectivity index (χ0v) is 6.22. The maximum absolute atomic E-state index is 11.1. The molecule has 4 nitrogen and oxygen atoms in total. The van der Waals surface area contributed by atoms with E-state index in [0.29, 0.717) is 0 Å². The van der Waals surface area contributed by atoms with Gasteiger partial charge in [0.25, 0.3) is 0 Å². The van der Waals surface area contributed by atoms with Crippen molar-refractivity contribution in [3.8, 4) is 0 Å². The van der Waals surface area contributed by atoms with Crippen LogP contribution < -0.4 is 0 Å². The third kappa shape index (κ3) is 38.6. The summed E-state index contributed by atoms with van der Waals surface area (Å²) in [5.74, 6) is 0. The fourth-order valence-electron chi connectivity index (χ4n) is 0. The summed E-state index contributed by atoms with van der Waals surface area (Å²) >= 11 is 0.824. The predicted molar refractivity (Wildman–Crippen MR) is 30.8 cm³/mol. The molecule has 0 saturated carbocycles. The van der Waals surface area contributed by atoms with Gasteiger partial charge in [0, 0.05) is 0 Å². The molecule has 0 aliphatic heterocycles. The molecule has 0 saturated heterocycles. The third-order valence-corrected chi connectivity index (χ3v) is 0.347. The molecular formula is C2H4F3LiO4S. The Labute approximate surface area is 70.6 Å². The first kappa shape index (κ1) is 13.8. The van der Waals surface area contributed by atoms with E-state index in [0.717, 1.165) is 17.7 Å².